The molecule has 4 aliphatic carbocycles. The molecular weight excluding hydrogens is 448 g/mol. The van der Waals surface area contributed by atoms with Gasteiger partial charge in [0.15, 0.2) is 0 Å². The van der Waals surface area contributed by atoms with E-state index in [0.29, 0.717) is 55.1 Å². The maximum atomic E-state index is 12.7. The number of carboxylic acid groups (broad SMARTS) is 2. The Morgan fingerprint density at radius 1 is 0.971 bits per heavy atom. The maximum absolute atomic E-state index is 12.7. The zero-order valence-corrected chi connectivity index (χ0v) is 21.5. The van der Waals surface area contributed by atoms with E-state index in [4.69, 9.17) is 9.84 Å². The molecule has 0 heterocycles. The van der Waals surface area contributed by atoms with Crippen LogP contribution in [0.5, 0.6) is 0 Å². The molecule has 7 nitrogen and oxygen atoms in total. The Labute approximate surface area is 208 Å². The third kappa shape index (κ3) is 4.89. The van der Waals surface area contributed by atoms with Gasteiger partial charge < -0.3 is 14.9 Å². The van der Waals surface area contributed by atoms with Gasteiger partial charge in [0.25, 0.3) is 0 Å². The van der Waals surface area contributed by atoms with Crippen molar-refractivity contribution in [1.82, 2.24) is 0 Å². The van der Waals surface area contributed by atoms with Crippen LogP contribution in [0.4, 0.5) is 0 Å². The van der Waals surface area contributed by atoms with Crippen LogP contribution in [-0.2, 0) is 23.9 Å². The zero-order valence-electron chi connectivity index (χ0n) is 21.5. The fraction of sp³-hybridized carbons (Fsp3) is 0.857. The van der Waals surface area contributed by atoms with E-state index in [-0.39, 0.29) is 48.0 Å². The van der Waals surface area contributed by atoms with Gasteiger partial charge in [-0.05, 0) is 85.4 Å². The first-order valence-corrected chi connectivity index (χ1v) is 13.6. The molecule has 0 aliphatic heterocycles. The summed E-state index contributed by atoms with van der Waals surface area (Å²) in [6.45, 7) is 6.93. The van der Waals surface area contributed by atoms with Crippen LogP contribution in [0, 0.1) is 46.3 Å². The van der Waals surface area contributed by atoms with Crippen molar-refractivity contribution < 1.29 is 34.1 Å². The molecule has 0 saturated heterocycles. The van der Waals surface area contributed by atoms with Crippen molar-refractivity contribution >= 4 is 23.7 Å². The van der Waals surface area contributed by atoms with E-state index in [2.05, 4.69) is 20.8 Å². The number of carbonyl (C=O) groups is 4. The lowest BCUT2D eigenvalue weighted by atomic mass is 9.43. The molecule has 0 unspecified atom stereocenters. The largest absolute Gasteiger partial charge is 0.481 e. The van der Waals surface area contributed by atoms with Crippen LogP contribution in [0.15, 0.2) is 0 Å². The number of carboxylic acids is 2. The second kappa shape index (κ2) is 9.85. The number of ether oxygens (including phenoxy) is 1. The SMILES string of the molecule is C[C@H](CCC(=O)O)[C@H]1CC[C@H]2[C@@H]3[C@@H](OC(=O)CCC(=O)O)C[C@@H]4CC(=O)CC[C@]4(C)[C@H]3CC[C@]12C. The quantitative estimate of drug-likeness (QED) is 0.454. The van der Waals surface area contributed by atoms with Gasteiger partial charge in [0.1, 0.15) is 11.9 Å². The first kappa shape index (κ1) is 26.2. The van der Waals surface area contributed by atoms with Gasteiger partial charge in [0, 0.05) is 25.2 Å². The van der Waals surface area contributed by atoms with Crippen LogP contribution in [-0.4, -0.2) is 40.0 Å². The van der Waals surface area contributed by atoms with Gasteiger partial charge >= 0.3 is 17.9 Å². The molecule has 7 heteroatoms. The second-order valence-electron chi connectivity index (χ2n) is 12.5. The Bertz CT molecular complexity index is 867. The molecule has 0 amide bonds. The van der Waals surface area contributed by atoms with Crippen LogP contribution in [0.3, 0.4) is 0 Å². The van der Waals surface area contributed by atoms with Crippen LogP contribution in [0.25, 0.3) is 0 Å². The summed E-state index contributed by atoms with van der Waals surface area (Å²) in [6, 6.07) is 0. The fourth-order valence-electron chi connectivity index (χ4n) is 9.07. The molecule has 35 heavy (non-hydrogen) atoms. The summed E-state index contributed by atoms with van der Waals surface area (Å²) in [6.07, 6.45) is 7.30. The number of aliphatic carboxylic acids is 2. The van der Waals surface area contributed by atoms with Crippen LogP contribution in [0.2, 0.25) is 0 Å². The molecule has 0 aromatic rings. The highest BCUT2D eigenvalue weighted by Crippen LogP contribution is 2.68. The molecule has 2 N–H and O–H groups in total. The second-order valence-corrected chi connectivity index (χ2v) is 12.5. The minimum absolute atomic E-state index is 0.0664. The molecule has 4 aliphatic rings. The van der Waals surface area contributed by atoms with Gasteiger partial charge in [-0.1, -0.05) is 20.8 Å². The Balaban J connectivity index is 1.60. The molecule has 4 fully saturated rings. The fourth-order valence-corrected chi connectivity index (χ4v) is 9.07. The Morgan fingerprint density at radius 3 is 2.34 bits per heavy atom. The average molecular weight is 491 g/mol. The topological polar surface area (TPSA) is 118 Å². The summed E-state index contributed by atoms with van der Waals surface area (Å²) in [4.78, 5) is 47.2. The van der Waals surface area contributed by atoms with E-state index in [1.807, 2.05) is 0 Å². The highest BCUT2D eigenvalue weighted by Gasteiger charge is 2.63. The predicted octanol–water partition coefficient (Wildman–Crippen LogP) is 5.10. The molecule has 4 saturated carbocycles. The summed E-state index contributed by atoms with van der Waals surface area (Å²) >= 11 is 0. The third-order valence-corrected chi connectivity index (χ3v) is 10.9. The monoisotopic (exact) mass is 490 g/mol. The smallest absolute Gasteiger partial charge is 0.306 e. The molecule has 0 aromatic carbocycles. The van der Waals surface area contributed by atoms with E-state index in [1.165, 1.54) is 0 Å². The number of ketones is 1. The van der Waals surface area contributed by atoms with Gasteiger partial charge in [-0.3, -0.25) is 19.2 Å². The minimum Gasteiger partial charge on any atom is -0.481 e. The highest BCUT2D eigenvalue weighted by atomic mass is 16.5. The Morgan fingerprint density at radius 2 is 1.66 bits per heavy atom. The normalized spacial score (nSPS) is 41.3. The number of hydrogen-bond donors (Lipinski definition) is 2. The van der Waals surface area contributed by atoms with Crippen molar-refractivity contribution in [2.75, 3.05) is 0 Å². The van der Waals surface area contributed by atoms with E-state index in [9.17, 15) is 24.3 Å². The zero-order chi connectivity index (χ0) is 25.5. The number of carbonyl (C=O) groups excluding carboxylic acids is 2. The van der Waals surface area contributed by atoms with Crippen molar-refractivity contribution in [2.45, 2.75) is 104 Å². The lowest BCUT2D eigenvalue weighted by Crippen LogP contribution is -2.59. The number of esters is 1. The maximum Gasteiger partial charge on any atom is 0.306 e. The average Bonchev–Trinajstić information content (AvgIpc) is 3.14. The highest BCUT2D eigenvalue weighted by molar-refractivity contribution is 5.80. The van der Waals surface area contributed by atoms with Gasteiger partial charge in [-0.25, -0.2) is 0 Å². The number of fused-ring (bicyclic) bond motifs is 5. The number of rotatable bonds is 8. The molecule has 0 bridgehead atoms. The van der Waals surface area contributed by atoms with Crippen molar-refractivity contribution in [2.24, 2.45) is 46.3 Å². The standard InChI is InChI=1S/C28H42O7/c1-16(4-7-23(30)31)19-5-6-20-26-21(11-13-28(19,20)3)27(2)12-10-18(29)14-17(27)15-22(26)35-25(34)9-8-24(32)33/h16-17,19-22,26H,4-15H2,1-3H3,(H,30,31)(H,32,33)/t16-,17+,19-,20+,21+,22+,26+,27+,28-/m1/s1. The first-order chi connectivity index (χ1) is 16.5. The lowest BCUT2D eigenvalue weighted by Gasteiger charge is -2.62. The van der Waals surface area contributed by atoms with E-state index < -0.39 is 17.9 Å². The van der Waals surface area contributed by atoms with Crippen molar-refractivity contribution in [3.05, 3.63) is 0 Å². The van der Waals surface area contributed by atoms with E-state index in [1.54, 1.807) is 0 Å². The molecule has 4 rings (SSSR count). The van der Waals surface area contributed by atoms with Crippen molar-refractivity contribution in [1.29, 1.82) is 0 Å². The summed E-state index contributed by atoms with van der Waals surface area (Å²) in [5.74, 6) is 0.0908. The molecule has 0 aromatic heterocycles. The summed E-state index contributed by atoms with van der Waals surface area (Å²) in [5, 5.41) is 18.2. The van der Waals surface area contributed by atoms with Crippen LogP contribution < -0.4 is 0 Å². The number of hydrogen-bond acceptors (Lipinski definition) is 5. The van der Waals surface area contributed by atoms with E-state index >= 15 is 0 Å². The Hall–Kier alpha value is -1.92. The van der Waals surface area contributed by atoms with Gasteiger partial charge in [-0.15, -0.1) is 0 Å². The molecular formula is C28H42O7. The van der Waals surface area contributed by atoms with Crippen molar-refractivity contribution in [3.8, 4) is 0 Å². The summed E-state index contributed by atoms with van der Waals surface area (Å²) < 4.78 is 6.08. The van der Waals surface area contributed by atoms with Gasteiger partial charge in [-0.2, -0.15) is 0 Å². The molecule has 9 atom stereocenters. The molecule has 196 valence electrons. The predicted molar refractivity (Wildman–Crippen MR) is 128 cm³/mol. The molecule has 0 spiro atoms. The first-order valence-electron chi connectivity index (χ1n) is 13.6. The van der Waals surface area contributed by atoms with Gasteiger partial charge in [0.05, 0.1) is 12.8 Å². The Kier molecular flexibility index (Phi) is 7.36. The third-order valence-electron chi connectivity index (χ3n) is 10.9. The van der Waals surface area contributed by atoms with Crippen molar-refractivity contribution in [3.63, 3.8) is 0 Å². The van der Waals surface area contributed by atoms with Crippen LogP contribution >= 0.6 is 0 Å². The number of Topliss-reactive ketones (excluding diaryl/α,β-unsaturated/α-hetero) is 1. The van der Waals surface area contributed by atoms with Crippen LogP contribution in [0.1, 0.15) is 97.8 Å². The lowest BCUT2D eigenvalue weighted by molar-refractivity contribution is -0.191. The molecule has 0 radical (unpaired) electrons. The summed E-state index contributed by atoms with van der Waals surface area (Å²) in [5.41, 5.74) is 0.148. The van der Waals surface area contributed by atoms with E-state index in [0.717, 1.165) is 32.1 Å². The summed E-state index contributed by atoms with van der Waals surface area (Å²) in [7, 11) is 0. The minimum atomic E-state index is -1.01. The van der Waals surface area contributed by atoms with Gasteiger partial charge in [0.2, 0.25) is 0 Å².